The fourth-order valence-corrected chi connectivity index (χ4v) is 3.68. The van der Waals surface area contributed by atoms with Crippen LogP contribution >= 0.6 is 15.9 Å². The van der Waals surface area contributed by atoms with Crippen molar-refractivity contribution in [1.82, 2.24) is 10.2 Å². The second-order valence-electron chi connectivity index (χ2n) is 8.00. The van der Waals surface area contributed by atoms with Crippen LogP contribution in [0.15, 0.2) is 53.0 Å². The van der Waals surface area contributed by atoms with Crippen LogP contribution < -0.4 is 10.1 Å². The number of benzene rings is 2. The number of piperazine rings is 1. The Morgan fingerprint density at radius 2 is 1.94 bits per heavy atom. The van der Waals surface area contributed by atoms with Crippen LogP contribution in [0.3, 0.4) is 0 Å². The Bertz CT molecular complexity index is 964. The first-order chi connectivity index (χ1) is 15.3. The van der Waals surface area contributed by atoms with Gasteiger partial charge in [-0.25, -0.2) is 0 Å². The van der Waals surface area contributed by atoms with E-state index in [0.717, 1.165) is 10.0 Å². The van der Waals surface area contributed by atoms with Crippen molar-refractivity contribution in [3.8, 4) is 5.75 Å². The van der Waals surface area contributed by atoms with Crippen molar-refractivity contribution < 1.29 is 23.9 Å². The van der Waals surface area contributed by atoms with Crippen molar-refractivity contribution in [3.63, 3.8) is 0 Å². The van der Waals surface area contributed by atoms with E-state index >= 15 is 0 Å². The van der Waals surface area contributed by atoms with Crippen LogP contribution in [0.4, 0.5) is 0 Å². The molecule has 1 aliphatic heterocycles. The lowest BCUT2D eigenvalue weighted by atomic mass is 10.1. The average Bonchev–Trinajstić information content (AvgIpc) is 2.78. The molecule has 1 saturated heterocycles. The van der Waals surface area contributed by atoms with Gasteiger partial charge < -0.3 is 19.7 Å². The number of nitrogens with zero attached hydrogens (tertiary/aromatic N) is 1. The van der Waals surface area contributed by atoms with Crippen LogP contribution in [0, 0.1) is 5.92 Å². The zero-order valence-corrected chi connectivity index (χ0v) is 19.8. The Labute approximate surface area is 196 Å². The molecule has 1 fully saturated rings. The third-order valence-electron chi connectivity index (χ3n) is 4.94. The molecule has 1 heterocycles. The number of hydrogen-bond donors (Lipinski definition) is 1. The molecule has 0 aromatic heterocycles. The number of carbonyl (C=O) groups excluding carboxylic acids is 3. The first kappa shape index (κ1) is 23.8. The van der Waals surface area contributed by atoms with Gasteiger partial charge in [-0.3, -0.25) is 14.4 Å². The van der Waals surface area contributed by atoms with Crippen molar-refractivity contribution in [2.45, 2.75) is 32.9 Å². The summed E-state index contributed by atoms with van der Waals surface area (Å²) in [6.45, 7) is 5.21. The first-order valence-electron chi connectivity index (χ1n) is 10.6. The number of nitrogens with one attached hydrogen (secondary N) is 1. The summed E-state index contributed by atoms with van der Waals surface area (Å²) in [7, 11) is 0. The van der Waals surface area contributed by atoms with Crippen LogP contribution in [0.25, 0.3) is 0 Å². The van der Waals surface area contributed by atoms with Crippen LogP contribution in [0.2, 0.25) is 0 Å². The second-order valence-corrected chi connectivity index (χ2v) is 8.92. The van der Waals surface area contributed by atoms with Gasteiger partial charge in [0.2, 0.25) is 5.91 Å². The minimum absolute atomic E-state index is 0.112. The molecular weight excluding hydrogens is 476 g/mol. The topological polar surface area (TPSA) is 84.9 Å². The van der Waals surface area contributed by atoms with Gasteiger partial charge in [0, 0.05) is 17.6 Å². The summed E-state index contributed by atoms with van der Waals surface area (Å²) >= 11 is 3.40. The van der Waals surface area contributed by atoms with Gasteiger partial charge in [0.15, 0.2) is 0 Å². The molecule has 1 N–H and O–H groups in total. The molecule has 0 spiro atoms. The number of hydrogen-bond acceptors (Lipinski definition) is 5. The largest absolute Gasteiger partial charge is 0.492 e. The van der Waals surface area contributed by atoms with E-state index in [9.17, 15) is 14.4 Å². The Balaban J connectivity index is 1.74. The summed E-state index contributed by atoms with van der Waals surface area (Å²) in [6.07, 6.45) is -0.222. The summed E-state index contributed by atoms with van der Waals surface area (Å²) in [4.78, 5) is 39.9. The Morgan fingerprint density at radius 3 is 2.66 bits per heavy atom. The molecular formula is C24H27BrN2O5. The summed E-state index contributed by atoms with van der Waals surface area (Å²) in [5.74, 6) is -0.543. The maximum absolute atomic E-state index is 13.4. The lowest BCUT2D eigenvalue weighted by molar-refractivity contribution is -0.148. The summed E-state index contributed by atoms with van der Waals surface area (Å²) in [5.41, 5.74) is 1.19. The molecule has 8 heteroatoms. The van der Waals surface area contributed by atoms with E-state index in [1.54, 1.807) is 18.2 Å². The smallest absolute Gasteiger partial charge is 0.308 e. The van der Waals surface area contributed by atoms with Gasteiger partial charge in [0.25, 0.3) is 5.91 Å². The van der Waals surface area contributed by atoms with Crippen molar-refractivity contribution in [2.24, 2.45) is 5.92 Å². The maximum Gasteiger partial charge on any atom is 0.308 e. The first-order valence-corrected chi connectivity index (χ1v) is 11.3. The van der Waals surface area contributed by atoms with Gasteiger partial charge in [-0.1, -0.05) is 60.1 Å². The third kappa shape index (κ3) is 6.32. The van der Waals surface area contributed by atoms with E-state index in [1.165, 1.54) is 4.90 Å². The molecule has 2 aromatic rings. The predicted molar refractivity (Wildman–Crippen MR) is 123 cm³/mol. The molecule has 32 heavy (non-hydrogen) atoms. The second kappa shape index (κ2) is 11.1. The lowest BCUT2D eigenvalue weighted by Gasteiger charge is -2.35. The molecule has 2 amide bonds. The lowest BCUT2D eigenvalue weighted by Crippen LogP contribution is -2.57. The fraction of sp³-hybridized carbons (Fsp3) is 0.375. The zero-order chi connectivity index (χ0) is 23.1. The van der Waals surface area contributed by atoms with Crippen molar-refractivity contribution in [1.29, 1.82) is 0 Å². The van der Waals surface area contributed by atoms with E-state index in [1.807, 2.05) is 44.2 Å². The predicted octanol–water partition coefficient (Wildman–Crippen LogP) is 3.56. The van der Waals surface area contributed by atoms with Crippen LogP contribution in [0.1, 0.15) is 36.2 Å². The third-order valence-corrected chi connectivity index (χ3v) is 5.43. The molecule has 0 saturated carbocycles. The van der Waals surface area contributed by atoms with Crippen molar-refractivity contribution >= 4 is 33.7 Å². The number of carbonyl (C=O) groups is 3. The number of ether oxygens (including phenoxy) is 2. The quantitative estimate of drug-likeness (QED) is 0.557. The minimum Gasteiger partial charge on any atom is -0.492 e. The SMILES string of the molecule is CC(C)COc1ccc(Br)cc1C(=O)N1CCNC(=O)C1CC(=O)OCc1ccccc1. The molecule has 170 valence electrons. The molecule has 1 atom stereocenters. The number of esters is 1. The normalized spacial score (nSPS) is 15.9. The van der Waals surface area contributed by atoms with E-state index < -0.39 is 12.0 Å². The van der Waals surface area contributed by atoms with Gasteiger partial charge >= 0.3 is 5.97 Å². The highest BCUT2D eigenvalue weighted by Gasteiger charge is 2.36. The van der Waals surface area contributed by atoms with Crippen LogP contribution in [0.5, 0.6) is 5.75 Å². The highest BCUT2D eigenvalue weighted by atomic mass is 79.9. The number of halogens is 1. The highest BCUT2D eigenvalue weighted by molar-refractivity contribution is 9.10. The summed E-state index contributed by atoms with van der Waals surface area (Å²) in [5, 5.41) is 2.73. The van der Waals surface area contributed by atoms with Gasteiger partial charge in [-0.15, -0.1) is 0 Å². The number of amides is 2. The molecule has 7 nitrogen and oxygen atoms in total. The van der Waals surface area contributed by atoms with Gasteiger partial charge in [-0.05, 0) is 29.7 Å². The van der Waals surface area contributed by atoms with Gasteiger partial charge in [0.1, 0.15) is 18.4 Å². The Morgan fingerprint density at radius 1 is 1.19 bits per heavy atom. The molecule has 1 unspecified atom stereocenters. The highest BCUT2D eigenvalue weighted by Crippen LogP contribution is 2.27. The van der Waals surface area contributed by atoms with Crippen LogP contribution in [-0.4, -0.2) is 48.4 Å². The van der Waals surface area contributed by atoms with E-state index in [-0.39, 0.29) is 37.3 Å². The van der Waals surface area contributed by atoms with E-state index in [0.29, 0.717) is 24.5 Å². The molecule has 0 bridgehead atoms. The molecule has 3 rings (SSSR count). The summed E-state index contributed by atoms with van der Waals surface area (Å²) in [6, 6.07) is 13.5. The maximum atomic E-state index is 13.4. The number of rotatable bonds is 8. The van der Waals surface area contributed by atoms with Crippen LogP contribution in [-0.2, 0) is 20.9 Å². The van der Waals surface area contributed by atoms with E-state index in [4.69, 9.17) is 9.47 Å². The molecule has 1 aliphatic rings. The average molecular weight is 503 g/mol. The molecule has 2 aromatic carbocycles. The van der Waals surface area contributed by atoms with Crippen molar-refractivity contribution in [2.75, 3.05) is 19.7 Å². The minimum atomic E-state index is -0.948. The van der Waals surface area contributed by atoms with Gasteiger partial charge in [0.05, 0.1) is 18.6 Å². The molecule has 0 radical (unpaired) electrons. The fourth-order valence-electron chi connectivity index (χ4n) is 3.32. The standard InChI is InChI=1S/C24H27BrN2O5/c1-16(2)14-31-21-9-8-18(25)12-19(21)24(30)27-11-10-26-23(29)20(27)13-22(28)32-15-17-6-4-3-5-7-17/h3-9,12,16,20H,10-11,13-15H2,1-2H3,(H,26,29). The van der Waals surface area contributed by atoms with Gasteiger partial charge in [-0.2, -0.15) is 0 Å². The van der Waals surface area contributed by atoms with Crippen molar-refractivity contribution in [3.05, 3.63) is 64.1 Å². The molecule has 0 aliphatic carbocycles. The summed E-state index contributed by atoms with van der Waals surface area (Å²) < 4.78 is 11.9. The van der Waals surface area contributed by atoms with E-state index in [2.05, 4.69) is 21.2 Å². The monoisotopic (exact) mass is 502 g/mol. The Kier molecular flexibility index (Phi) is 8.27. The zero-order valence-electron chi connectivity index (χ0n) is 18.2. The Hall–Kier alpha value is -2.87.